The van der Waals surface area contributed by atoms with Crippen LogP contribution in [-0.2, 0) is 0 Å². The predicted molar refractivity (Wildman–Crippen MR) is 77.7 cm³/mol. The number of carbonyl (C=O) groups is 1. The van der Waals surface area contributed by atoms with E-state index in [2.05, 4.69) is 0 Å². The maximum atomic E-state index is 13.4. The molecule has 0 N–H and O–H groups in total. The normalized spacial score (nSPS) is 17.4. The van der Waals surface area contributed by atoms with Gasteiger partial charge in [-0.25, -0.2) is 8.78 Å². The van der Waals surface area contributed by atoms with Crippen LogP contribution in [0.5, 0.6) is 5.75 Å². The van der Waals surface area contributed by atoms with Crippen molar-refractivity contribution in [3.05, 3.63) is 65.2 Å². The molecule has 5 heteroatoms. The van der Waals surface area contributed by atoms with Gasteiger partial charge in [0, 0.05) is 11.1 Å². The molecule has 3 rings (SSSR count). The molecule has 0 radical (unpaired) electrons. The van der Waals surface area contributed by atoms with Crippen LogP contribution in [0.15, 0.2) is 42.5 Å². The van der Waals surface area contributed by atoms with Gasteiger partial charge in [-0.1, -0.05) is 18.2 Å². The summed E-state index contributed by atoms with van der Waals surface area (Å²) in [5.74, 6) is -1.58. The maximum absolute atomic E-state index is 13.4. The Morgan fingerprint density at radius 3 is 2.73 bits per heavy atom. The first-order valence-corrected chi connectivity index (χ1v) is 7.05. The Balaban J connectivity index is 1.93. The van der Waals surface area contributed by atoms with Gasteiger partial charge in [-0.05, 0) is 31.2 Å². The van der Waals surface area contributed by atoms with E-state index in [1.165, 1.54) is 6.07 Å². The Kier molecular flexibility index (Phi) is 3.79. The van der Waals surface area contributed by atoms with Crippen molar-refractivity contribution in [3.63, 3.8) is 0 Å². The van der Waals surface area contributed by atoms with Crippen molar-refractivity contribution in [2.45, 2.75) is 13.0 Å². The van der Waals surface area contributed by atoms with Crippen LogP contribution < -0.4 is 4.74 Å². The molecule has 0 fully saturated rings. The Morgan fingerprint density at radius 2 is 1.95 bits per heavy atom. The second kappa shape index (κ2) is 5.75. The van der Waals surface area contributed by atoms with Crippen LogP contribution in [0.4, 0.5) is 8.78 Å². The number of para-hydroxylation sites is 1. The second-order valence-corrected chi connectivity index (χ2v) is 5.19. The zero-order valence-corrected chi connectivity index (χ0v) is 12.1. The molecule has 114 valence electrons. The minimum atomic E-state index is -1.02. The molecule has 1 aliphatic rings. The Morgan fingerprint density at radius 1 is 1.18 bits per heavy atom. The molecule has 2 aromatic carbocycles. The lowest BCUT2D eigenvalue weighted by Gasteiger charge is -2.27. The summed E-state index contributed by atoms with van der Waals surface area (Å²) in [6.45, 7) is 2.63. The van der Waals surface area contributed by atoms with Crippen LogP contribution >= 0.6 is 0 Å². The Bertz CT molecular complexity index is 718. The van der Waals surface area contributed by atoms with Crippen molar-refractivity contribution in [2.24, 2.45) is 0 Å². The number of fused-ring (bicyclic) bond motifs is 1. The highest BCUT2D eigenvalue weighted by Crippen LogP contribution is 2.32. The van der Waals surface area contributed by atoms with E-state index in [1.807, 2.05) is 31.2 Å². The molecule has 0 aromatic heterocycles. The lowest BCUT2D eigenvalue weighted by atomic mass is 10.0. The zero-order chi connectivity index (χ0) is 15.7. The molecule has 3 nitrogen and oxygen atoms in total. The molecule has 1 heterocycles. The SMILES string of the molecule is CC1c2ccccc2OCCN1C(=O)c1ccc(F)c(F)c1. The number of hydrogen-bond acceptors (Lipinski definition) is 2. The van der Waals surface area contributed by atoms with Crippen LogP contribution in [0.2, 0.25) is 0 Å². The van der Waals surface area contributed by atoms with Gasteiger partial charge in [-0.15, -0.1) is 0 Å². The van der Waals surface area contributed by atoms with E-state index in [-0.39, 0.29) is 17.5 Å². The van der Waals surface area contributed by atoms with E-state index in [0.717, 1.165) is 23.4 Å². The summed E-state index contributed by atoms with van der Waals surface area (Å²) in [6, 6.07) is 10.5. The van der Waals surface area contributed by atoms with Crippen molar-refractivity contribution in [3.8, 4) is 5.75 Å². The summed E-state index contributed by atoms with van der Waals surface area (Å²) in [5.41, 5.74) is 1.03. The largest absolute Gasteiger partial charge is 0.491 e. The smallest absolute Gasteiger partial charge is 0.254 e. The molecule has 2 aromatic rings. The third-order valence-corrected chi connectivity index (χ3v) is 3.85. The Hall–Kier alpha value is -2.43. The number of carbonyl (C=O) groups excluding carboxylic acids is 1. The van der Waals surface area contributed by atoms with E-state index in [9.17, 15) is 13.6 Å². The molecular weight excluding hydrogens is 288 g/mol. The summed E-state index contributed by atoms with van der Waals surface area (Å²) in [6.07, 6.45) is 0. The summed E-state index contributed by atoms with van der Waals surface area (Å²) < 4.78 is 32.0. The fraction of sp³-hybridized carbons (Fsp3) is 0.235. The van der Waals surface area contributed by atoms with Gasteiger partial charge >= 0.3 is 0 Å². The monoisotopic (exact) mass is 303 g/mol. The van der Waals surface area contributed by atoms with Gasteiger partial charge < -0.3 is 9.64 Å². The Labute approximate surface area is 127 Å². The molecule has 0 bridgehead atoms. The maximum Gasteiger partial charge on any atom is 0.254 e. The van der Waals surface area contributed by atoms with Crippen LogP contribution in [0.3, 0.4) is 0 Å². The van der Waals surface area contributed by atoms with Gasteiger partial charge in [0.15, 0.2) is 11.6 Å². The molecule has 0 saturated carbocycles. The van der Waals surface area contributed by atoms with Crippen molar-refractivity contribution in [2.75, 3.05) is 13.2 Å². The van der Waals surface area contributed by atoms with Gasteiger partial charge in [0.05, 0.1) is 12.6 Å². The van der Waals surface area contributed by atoms with Gasteiger partial charge in [0.1, 0.15) is 12.4 Å². The van der Waals surface area contributed by atoms with Gasteiger partial charge in [-0.2, -0.15) is 0 Å². The molecule has 1 amide bonds. The lowest BCUT2D eigenvalue weighted by Crippen LogP contribution is -2.35. The molecule has 22 heavy (non-hydrogen) atoms. The third kappa shape index (κ3) is 2.54. The summed E-state index contributed by atoms with van der Waals surface area (Å²) >= 11 is 0. The highest BCUT2D eigenvalue weighted by molar-refractivity contribution is 5.94. The molecular formula is C17H15F2NO2. The summed E-state index contributed by atoms with van der Waals surface area (Å²) in [7, 11) is 0. The van der Waals surface area contributed by atoms with Crippen molar-refractivity contribution in [1.82, 2.24) is 4.90 Å². The summed E-state index contributed by atoms with van der Waals surface area (Å²) in [4.78, 5) is 14.2. The summed E-state index contributed by atoms with van der Waals surface area (Å²) in [5, 5.41) is 0. The number of amides is 1. The van der Waals surface area contributed by atoms with Gasteiger partial charge in [0.25, 0.3) is 5.91 Å². The molecule has 0 saturated heterocycles. The van der Waals surface area contributed by atoms with Crippen LogP contribution in [0.1, 0.15) is 28.9 Å². The van der Waals surface area contributed by atoms with Gasteiger partial charge in [0.2, 0.25) is 0 Å². The minimum absolute atomic E-state index is 0.130. The standard InChI is InChI=1S/C17H15F2NO2/c1-11-13-4-2-3-5-16(13)22-9-8-20(11)17(21)12-6-7-14(18)15(19)10-12/h2-7,10-11H,8-9H2,1H3. The van der Waals surface area contributed by atoms with Crippen LogP contribution in [-0.4, -0.2) is 24.0 Å². The van der Waals surface area contributed by atoms with Crippen LogP contribution in [0.25, 0.3) is 0 Å². The quantitative estimate of drug-likeness (QED) is 0.806. The van der Waals surface area contributed by atoms with E-state index < -0.39 is 11.6 Å². The zero-order valence-electron chi connectivity index (χ0n) is 12.1. The number of halogens is 2. The lowest BCUT2D eigenvalue weighted by molar-refractivity contribution is 0.0681. The van der Waals surface area contributed by atoms with E-state index in [4.69, 9.17) is 4.74 Å². The molecule has 0 aliphatic carbocycles. The number of benzene rings is 2. The third-order valence-electron chi connectivity index (χ3n) is 3.85. The highest BCUT2D eigenvalue weighted by Gasteiger charge is 2.27. The average Bonchev–Trinajstić information content (AvgIpc) is 2.69. The fourth-order valence-corrected chi connectivity index (χ4v) is 2.65. The first kappa shape index (κ1) is 14.5. The number of hydrogen-bond donors (Lipinski definition) is 0. The number of ether oxygens (including phenoxy) is 1. The van der Waals surface area contributed by atoms with E-state index in [0.29, 0.717) is 13.2 Å². The number of rotatable bonds is 1. The van der Waals surface area contributed by atoms with Crippen molar-refractivity contribution >= 4 is 5.91 Å². The molecule has 0 spiro atoms. The first-order chi connectivity index (χ1) is 10.6. The van der Waals surface area contributed by atoms with E-state index >= 15 is 0 Å². The van der Waals surface area contributed by atoms with Crippen molar-refractivity contribution < 1.29 is 18.3 Å². The van der Waals surface area contributed by atoms with Gasteiger partial charge in [-0.3, -0.25) is 4.79 Å². The topological polar surface area (TPSA) is 29.5 Å². The van der Waals surface area contributed by atoms with Crippen LogP contribution in [0, 0.1) is 11.6 Å². The highest BCUT2D eigenvalue weighted by atomic mass is 19.2. The van der Waals surface area contributed by atoms with Crippen molar-refractivity contribution in [1.29, 1.82) is 0 Å². The fourth-order valence-electron chi connectivity index (χ4n) is 2.65. The molecule has 1 aliphatic heterocycles. The molecule has 1 unspecified atom stereocenters. The number of nitrogens with zero attached hydrogens (tertiary/aromatic N) is 1. The first-order valence-electron chi connectivity index (χ1n) is 7.05. The van der Waals surface area contributed by atoms with E-state index in [1.54, 1.807) is 4.90 Å². The minimum Gasteiger partial charge on any atom is -0.491 e. The average molecular weight is 303 g/mol. The second-order valence-electron chi connectivity index (χ2n) is 5.19. The molecule has 1 atom stereocenters. The predicted octanol–water partition coefficient (Wildman–Crippen LogP) is 3.56.